The quantitative estimate of drug-likeness (QED) is 0.358. The third-order valence-electron chi connectivity index (χ3n) is 2.30. The van der Waals surface area contributed by atoms with Crippen molar-refractivity contribution >= 4 is 15.0 Å². The Morgan fingerprint density at radius 2 is 2.17 bits per heavy atom. The van der Waals surface area contributed by atoms with Gasteiger partial charge in [-0.1, -0.05) is 43.9 Å². The molecule has 0 amide bonds. The second-order valence-corrected chi connectivity index (χ2v) is 6.79. The first kappa shape index (κ1) is 9.45. The lowest BCUT2D eigenvalue weighted by Gasteiger charge is -2.21. The lowest BCUT2D eigenvalue weighted by Crippen LogP contribution is -2.20. The molecule has 0 aliphatic heterocycles. The van der Waals surface area contributed by atoms with Gasteiger partial charge in [0.25, 0.3) is 0 Å². The molecule has 0 aromatic rings. The highest BCUT2D eigenvalue weighted by molar-refractivity contribution is 6.68. The molecule has 1 aliphatic rings. The fraction of sp³-hybridized carbons (Fsp3) is 0.500. The van der Waals surface area contributed by atoms with Gasteiger partial charge in [0, 0.05) is 6.21 Å². The maximum Gasteiger partial charge on any atom is 0.0739 e. The van der Waals surface area contributed by atoms with E-state index in [1.807, 2.05) is 6.21 Å². The van der Waals surface area contributed by atoms with Gasteiger partial charge in [-0.15, -0.1) is 0 Å². The molecule has 0 bridgehead atoms. The zero-order valence-electron chi connectivity index (χ0n) is 8.12. The van der Waals surface area contributed by atoms with Crippen molar-refractivity contribution in [3.05, 3.63) is 23.9 Å². The number of rotatable bonds is 3. The summed E-state index contributed by atoms with van der Waals surface area (Å²) in [5.41, 5.74) is 0. The average molecular weight is 179 g/mol. The molecule has 1 aliphatic carbocycles. The Morgan fingerprint density at radius 1 is 1.50 bits per heavy atom. The zero-order chi connectivity index (χ0) is 9.14. The van der Waals surface area contributed by atoms with Gasteiger partial charge in [-0.3, -0.25) is 4.99 Å². The minimum absolute atomic E-state index is 0.425. The summed E-state index contributed by atoms with van der Waals surface area (Å²) in [7, 11) is -0.699. The van der Waals surface area contributed by atoms with Gasteiger partial charge >= 0.3 is 0 Å². The first-order valence-electron chi connectivity index (χ1n) is 4.51. The molecule has 0 radical (unpaired) electrons. The highest BCUT2D eigenvalue weighted by Gasteiger charge is 2.17. The van der Waals surface area contributed by atoms with E-state index in [-0.39, 0.29) is 0 Å². The van der Waals surface area contributed by atoms with Gasteiger partial charge < -0.3 is 0 Å². The highest BCUT2D eigenvalue weighted by atomic mass is 28.3. The molecule has 0 saturated heterocycles. The largest absolute Gasteiger partial charge is 0.285 e. The third-order valence-corrected chi connectivity index (χ3v) is 3.94. The Balaban J connectivity index is 2.40. The molecule has 0 aromatic heterocycles. The van der Waals surface area contributed by atoms with Crippen LogP contribution in [0.1, 0.15) is 6.92 Å². The SMILES string of the molecule is C=C(/C=N/C1C=CC1C)[SiH](C)C. The van der Waals surface area contributed by atoms with Gasteiger partial charge in [-0.25, -0.2) is 0 Å². The summed E-state index contributed by atoms with van der Waals surface area (Å²) in [5, 5.41) is 1.25. The van der Waals surface area contributed by atoms with Crippen LogP contribution in [0.25, 0.3) is 0 Å². The number of aliphatic imine (C=N–C) groups is 1. The third kappa shape index (κ3) is 2.17. The molecule has 2 atom stereocenters. The Labute approximate surface area is 76.5 Å². The van der Waals surface area contributed by atoms with Crippen molar-refractivity contribution in [2.75, 3.05) is 0 Å². The summed E-state index contributed by atoms with van der Waals surface area (Å²) < 4.78 is 0. The molecule has 0 aromatic carbocycles. The topological polar surface area (TPSA) is 12.4 Å². The molecule has 1 rings (SSSR count). The molecule has 0 N–H and O–H groups in total. The van der Waals surface area contributed by atoms with Crippen LogP contribution in [0, 0.1) is 5.92 Å². The average Bonchev–Trinajstić information content (AvgIpc) is 2.01. The van der Waals surface area contributed by atoms with Crippen LogP contribution in [0.5, 0.6) is 0 Å². The van der Waals surface area contributed by atoms with Crippen LogP contribution in [0.2, 0.25) is 13.1 Å². The highest BCUT2D eigenvalue weighted by Crippen LogP contribution is 2.20. The predicted octanol–water partition coefficient (Wildman–Crippen LogP) is 2.21. The summed E-state index contributed by atoms with van der Waals surface area (Å²) in [6.45, 7) is 10.7. The normalized spacial score (nSPS) is 28.0. The van der Waals surface area contributed by atoms with E-state index >= 15 is 0 Å². The Bertz CT molecular complexity index is 228. The Kier molecular flexibility index (Phi) is 3.03. The summed E-state index contributed by atoms with van der Waals surface area (Å²) in [6, 6.07) is 0.425. The summed E-state index contributed by atoms with van der Waals surface area (Å²) in [6.07, 6.45) is 6.31. The van der Waals surface area contributed by atoms with E-state index in [4.69, 9.17) is 0 Å². The van der Waals surface area contributed by atoms with Crippen molar-refractivity contribution in [3.63, 3.8) is 0 Å². The van der Waals surface area contributed by atoms with Gasteiger partial charge in [-0.2, -0.15) is 0 Å². The minimum Gasteiger partial charge on any atom is -0.285 e. The number of allylic oxidation sites excluding steroid dienone is 1. The van der Waals surface area contributed by atoms with E-state index in [1.165, 1.54) is 5.20 Å². The van der Waals surface area contributed by atoms with Gasteiger partial charge in [0.15, 0.2) is 0 Å². The first-order chi connectivity index (χ1) is 5.61. The molecule has 0 saturated carbocycles. The molecule has 2 heteroatoms. The second-order valence-electron chi connectivity index (χ2n) is 3.74. The smallest absolute Gasteiger partial charge is 0.0739 e. The molecule has 0 spiro atoms. The second kappa shape index (κ2) is 3.85. The fourth-order valence-electron chi connectivity index (χ4n) is 0.949. The lowest BCUT2D eigenvalue weighted by molar-refractivity contribution is 0.579. The molecule has 66 valence electrons. The van der Waals surface area contributed by atoms with Crippen LogP contribution in [-0.4, -0.2) is 21.1 Å². The van der Waals surface area contributed by atoms with E-state index in [2.05, 4.69) is 43.7 Å². The monoisotopic (exact) mass is 179 g/mol. The molecule has 0 heterocycles. The Hall–Kier alpha value is -0.633. The minimum atomic E-state index is -0.699. The van der Waals surface area contributed by atoms with Crippen molar-refractivity contribution in [2.24, 2.45) is 10.9 Å². The summed E-state index contributed by atoms with van der Waals surface area (Å²) >= 11 is 0. The summed E-state index contributed by atoms with van der Waals surface area (Å²) in [4.78, 5) is 4.46. The maximum atomic E-state index is 4.46. The van der Waals surface area contributed by atoms with Crippen LogP contribution in [0.3, 0.4) is 0 Å². The van der Waals surface area contributed by atoms with E-state index in [0.29, 0.717) is 12.0 Å². The molecular formula is C10H17NSi. The van der Waals surface area contributed by atoms with Crippen molar-refractivity contribution in [1.29, 1.82) is 0 Å². The van der Waals surface area contributed by atoms with Gasteiger partial charge in [-0.05, 0) is 5.92 Å². The van der Waals surface area contributed by atoms with Gasteiger partial charge in [0.2, 0.25) is 0 Å². The van der Waals surface area contributed by atoms with E-state index in [1.54, 1.807) is 0 Å². The van der Waals surface area contributed by atoms with Crippen LogP contribution >= 0.6 is 0 Å². The van der Waals surface area contributed by atoms with Crippen LogP contribution < -0.4 is 0 Å². The number of hydrogen-bond acceptors (Lipinski definition) is 1. The van der Waals surface area contributed by atoms with Crippen molar-refractivity contribution in [3.8, 4) is 0 Å². The van der Waals surface area contributed by atoms with E-state index in [9.17, 15) is 0 Å². The zero-order valence-corrected chi connectivity index (χ0v) is 9.27. The van der Waals surface area contributed by atoms with Crippen LogP contribution in [-0.2, 0) is 0 Å². The van der Waals surface area contributed by atoms with Crippen LogP contribution in [0.15, 0.2) is 28.9 Å². The maximum absolute atomic E-state index is 4.46. The first-order valence-corrected chi connectivity index (χ1v) is 7.40. The van der Waals surface area contributed by atoms with Gasteiger partial charge in [0.05, 0.1) is 14.8 Å². The van der Waals surface area contributed by atoms with Crippen molar-refractivity contribution in [2.45, 2.75) is 26.1 Å². The molecular weight excluding hydrogens is 162 g/mol. The fourth-order valence-corrected chi connectivity index (χ4v) is 1.33. The summed E-state index contributed by atoms with van der Waals surface area (Å²) in [5.74, 6) is 0.628. The predicted molar refractivity (Wildman–Crippen MR) is 58.6 cm³/mol. The lowest BCUT2D eigenvalue weighted by atomic mass is 9.92. The molecule has 2 unspecified atom stereocenters. The van der Waals surface area contributed by atoms with Crippen molar-refractivity contribution in [1.82, 2.24) is 0 Å². The molecule has 0 fully saturated rings. The van der Waals surface area contributed by atoms with Crippen LogP contribution in [0.4, 0.5) is 0 Å². The molecule has 1 nitrogen and oxygen atoms in total. The standard InChI is InChI=1S/C10H17NSi/c1-8-5-6-10(8)11-7-9(2)12(3)4/h5-8,10,12H,2H2,1,3-4H3/b11-7+. The van der Waals surface area contributed by atoms with Gasteiger partial charge in [0.1, 0.15) is 0 Å². The van der Waals surface area contributed by atoms with E-state index < -0.39 is 8.80 Å². The number of hydrogen-bond donors (Lipinski definition) is 0. The van der Waals surface area contributed by atoms with Crippen molar-refractivity contribution < 1.29 is 0 Å². The number of nitrogens with zero attached hydrogens (tertiary/aromatic N) is 1. The van der Waals surface area contributed by atoms with E-state index in [0.717, 1.165) is 0 Å². The molecule has 12 heavy (non-hydrogen) atoms. The Morgan fingerprint density at radius 3 is 2.50 bits per heavy atom.